The van der Waals surface area contributed by atoms with Crippen LogP contribution in [0.2, 0.25) is 5.02 Å². The van der Waals surface area contributed by atoms with Gasteiger partial charge in [-0.1, -0.05) is 23.4 Å². The number of hydrogen-bond acceptors (Lipinski definition) is 5. The van der Waals surface area contributed by atoms with Crippen molar-refractivity contribution in [1.29, 1.82) is 0 Å². The van der Waals surface area contributed by atoms with E-state index in [0.717, 1.165) is 41.3 Å². The Balaban J connectivity index is 2.43. The quantitative estimate of drug-likeness (QED) is 0.559. The summed E-state index contributed by atoms with van der Waals surface area (Å²) in [5.74, 6) is 7.49. The van der Waals surface area contributed by atoms with Crippen LogP contribution in [0.3, 0.4) is 0 Å². The second-order valence-corrected chi connectivity index (χ2v) is 5.34. The summed E-state index contributed by atoms with van der Waals surface area (Å²) in [5, 5.41) is 15.8. The van der Waals surface area contributed by atoms with Gasteiger partial charge in [-0.2, -0.15) is 0 Å². The maximum atomic E-state index is 8.79. The predicted octanol–water partition coefficient (Wildman–Crippen LogP) is 3.27. The van der Waals surface area contributed by atoms with Crippen LogP contribution in [0, 0.1) is 11.8 Å². The minimum atomic E-state index is 0.144. The lowest BCUT2D eigenvalue weighted by Crippen LogP contribution is -2.08. The Bertz CT molecular complexity index is 737. The minimum absolute atomic E-state index is 0.144. The molecule has 6 heteroatoms. The minimum Gasteiger partial charge on any atom is -0.396 e. The van der Waals surface area contributed by atoms with Gasteiger partial charge in [0, 0.05) is 31.7 Å². The second-order valence-electron chi connectivity index (χ2n) is 4.93. The molecule has 0 amide bonds. The fraction of sp³-hybridized carbons (Fsp3) is 0.412. The van der Waals surface area contributed by atoms with E-state index < -0.39 is 0 Å². The molecule has 5 nitrogen and oxygen atoms in total. The van der Waals surface area contributed by atoms with E-state index in [1.54, 1.807) is 6.07 Å². The number of aliphatic hydroxyl groups excluding tert-OH is 1. The molecule has 0 saturated carbocycles. The molecule has 0 fully saturated rings. The van der Waals surface area contributed by atoms with E-state index in [9.17, 15) is 0 Å². The second kappa shape index (κ2) is 8.56. The highest BCUT2D eigenvalue weighted by Gasteiger charge is 2.10. The molecule has 0 atom stereocenters. The van der Waals surface area contributed by atoms with E-state index in [4.69, 9.17) is 16.7 Å². The number of hydrogen-bond donors (Lipinski definition) is 3. The molecular weight excluding hydrogens is 312 g/mol. The number of nitrogens with one attached hydrogen (secondary N) is 2. The zero-order valence-electron chi connectivity index (χ0n) is 13.4. The number of nitrogens with zero attached hydrogens (tertiary/aromatic N) is 2. The summed E-state index contributed by atoms with van der Waals surface area (Å²) in [6.07, 6.45) is 1.30. The summed E-state index contributed by atoms with van der Waals surface area (Å²) in [6, 6.07) is 3.64. The highest BCUT2D eigenvalue weighted by atomic mass is 35.5. The van der Waals surface area contributed by atoms with Gasteiger partial charge in [0.25, 0.3) is 0 Å². The number of anilines is 2. The lowest BCUT2D eigenvalue weighted by Gasteiger charge is -2.11. The molecule has 2 rings (SSSR count). The van der Waals surface area contributed by atoms with Crippen LogP contribution in [-0.2, 0) is 0 Å². The molecule has 0 aliphatic carbocycles. The van der Waals surface area contributed by atoms with Crippen molar-refractivity contribution in [2.24, 2.45) is 0 Å². The van der Waals surface area contributed by atoms with E-state index in [-0.39, 0.29) is 6.61 Å². The van der Waals surface area contributed by atoms with Gasteiger partial charge in [0.2, 0.25) is 0 Å². The molecular formula is C17H21ClN4O. The smallest absolute Gasteiger partial charge is 0.169 e. The number of fused-ring (bicyclic) bond motifs is 1. The summed E-state index contributed by atoms with van der Waals surface area (Å²) in [6.45, 7) is 5.70. The van der Waals surface area contributed by atoms with Crippen molar-refractivity contribution in [3.63, 3.8) is 0 Å². The Hall–Kier alpha value is -2.03. The van der Waals surface area contributed by atoms with Crippen LogP contribution >= 0.6 is 11.6 Å². The average molecular weight is 333 g/mol. The molecule has 0 spiro atoms. The number of aliphatic hydroxyl groups is 1. The maximum Gasteiger partial charge on any atom is 0.169 e. The van der Waals surface area contributed by atoms with Crippen molar-refractivity contribution in [3.05, 3.63) is 22.7 Å². The number of benzene rings is 1. The van der Waals surface area contributed by atoms with Crippen LogP contribution in [0.1, 0.15) is 32.3 Å². The molecule has 1 heterocycles. The van der Waals surface area contributed by atoms with E-state index in [2.05, 4.69) is 32.4 Å². The first kappa shape index (κ1) is 17.3. The number of halogens is 1. The molecule has 23 heavy (non-hydrogen) atoms. The zero-order valence-corrected chi connectivity index (χ0v) is 14.2. The number of aromatic nitrogens is 2. The molecule has 0 radical (unpaired) electrons. The molecule has 0 unspecified atom stereocenters. The topological polar surface area (TPSA) is 70.1 Å². The summed E-state index contributed by atoms with van der Waals surface area (Å²) < 4.78 is 0. The highest BCUT2D eigenvalue weighted by molar-refractivity contribution is 6.32. The molecule has 1 aromatic heterocycles. The molecule has 1 aromatic carbocycles. The van der Waals surface area contributed by atoms with Crippen molar-refractivity contribution in [3.8, 4) is 11.8 Å². The van der Waals surface area contributed by atoms with Crippen molar-refractivity contribution >= 4 is 34.3 Å². The SMILES string of the molecule is CCNc1nc2cc(Cl)c(C#CCCCO)cc2nc1NCC. The van der Waals surface area contributed by atoms with Crippen molar-refractivity contribution in [2.75, 3.05) is 30.3 Å². The molecule has 0 bridgehead atoms. The summed E-state index contributed by atoms with van der Waals surface area (Å²) in [4.78, 5) is 9.22. The third kappa shape index (κ3) is 4.47. The molecule has 3 N–H and O–H groups in total. The Kier molecular flexibility index (Phi) is 6.45. The molecule has 2 aromatic rings. The van der Waals surface area contributed by atoms with Crippen LogP contribution in [-0.4, -0.2) is 34.8 Å². The third-order valence-electron chi connectivity index (χ3n) is 3.12. The van der Waals surface area contributed by atoms with Crippen molar-refractivity contribution < 1.29 is 5.11 Å². The Labute approximate surface area is 141 Å². The lowest BCUT2D eigenvalue weighted by atomic mass is 10.2. The van der Waals surface area contributed by atoms with Crippen LogP contribution in [0.25, 0.3) is 11.0 Å². The van der Waals surface area contributed by atoms with Gasteiger partial charge in [0.1, 0.15) is 0 Å². The lowest BCUT2D eigenvalue weighted by molar-refractivity contribution is 0.290. The monoisotopic (exact) mass is 332 g/mol. The number of unbranched alkanes of at least 4 members (excludes halogenated alkanes) is 1. The largest absolute Gasteiger partial charge is 0.396 e. The van der Waals surface area contributed by atoms with E-state index >= 15 is 0 Å². The Morgan fingerprint density at radius 2 is 1.70 bits per heavy atom. The van der Waals surface area contributed by atoms with Gasteiger partial charge in [0.15, 0.2) is 11.6 Å². The van der Waals surface area contributed by atoms with Gasteiger partial charge in [-0.3, -0.25) is 0 Å². The fourth-order valence-corrected chi connectivity index (χ4v) is 2.28. The van der Waals surface area contributed by atoms with Gasteiger partial charge < -0.3 is 15.7 Å². The highest BCUT2D eigenvalue weighted by Crippen LogP contribution is 2.26. The molecule has 0 aliphatic heterocycles. The van der Waals surface area contributed by atoms with Gasteiger partial charge in [0.05, 0.1) is 16.1 Å². The van der Waals surface area contributed by atoms with Crippen LogP contribution in [0.15, 0.2) is 12.1 Å². The van der Waals surface area contributed by atoms with Gasteiger partial charge >= 0.3 is 0 Å². The summed E-state index contributed by atoms with van der Waals surface area (Å²) >= 11 is 6.29. The number of rotatable bonds is 6. The summed E-state index contributed by atoms with van der Waals surface area (Å²) in [7, 11) is 0. The van der Waals surface area contributed by atoms with Gasteiger partial charge in [-0.15, -0.1) is 0 Å². The van der Waals surface area contributed by atoms with Gasteiger partial charge in [-0.25, -0.2) is 9.97 Å². The average Bonchev–Trinajstić information content (AvgIpc) is 2.53. The van der Waals surface area contributed by atoms with Crippen molar-refractivity contribution in [1.82, 2.24) is 9.97 Å². The molecule has 0 saturated heterocycles. The Morgan fingerprint density at radius 1 is 1.09 bits per heavy atom. The predicted molar refractivity (Wildman–Crippen MR) is 96.1 cm³/mol. The van der Waals surface area contributed by atoms with Crippen LogP contribution < -0.4 is 10.6 Å². The van der Waals surface area contributed by atoms with Gasteiger partial charge in [-0.05, 0) is 32.4 Å². The standard InChI is InChI=1S/C17H21ClN4O/c1-3-19-16-17(20-4-2)22-15-11-13(18)12(10-14(15)21-16)8-6-5-7-9-23/h10-11,23H,3-5,7,9H2,1-2H3,(H,19,21)(H,20,22). The first-order chi connectivity index (χ1) is 11.2. The third-order valence-corrected chi connectivity index (χ3v) is 3.44. The zero-order chi connectivity index (χ0) is 16.7. The first-order valence-electron chi connectivity index (χ1n) is 7.78. The molecule has 122 valence electrons. The maximum absolute atomic E-state index is 8.79. The summed E-state index contributed by atoms with van der Waals surface area (Å²) in [5.41, 5.74) is 2.21. The van der Waals surface area contributed by atoms with Crippen LogP contribution in [0.5, 0.6) is 0 Å². The van der Waals surface area contributed by atoms with Crippen molar-refractivity contribution in [2.45, 2.75) is 26.7 Å². The van der Waals surface area contributed by atoms with Crippen LogP contribution in [0.4, 0.5) is 11.6 Å². The first-order valence-corrected chi connectivity index (χ1v) is 8.16. The van der Waals surface area contributed by atoms with E-state index in [1.165, 1.54) is 0 Å². The van der Waals surface area contributed by atoms with E-state index in [1.807, 2.05) is 19.9 Å². The molecule has 0 aliphatic rings. The van der Waals surface area contributed by atoms with E-state index in [0.29, 0.717) is 17.9 Å². The normalized spacial score (nSPS) is 10.3. The Morgan fingerprint density at radius 3 is 2.26 bits per heavy atom. The fourth-order valence-electron chi connectivity index (χ4n) is 2.08.